The number of rotatable bonds is 7. The summed E-state index contributed by atoms with van der Waals surface area (Å²) in [6.07, 6.45) is 0.160. The number of nitrogens with zero attached hydrogens (tertiary/aromatic N) is 1. The second-order valence-electron chi connectivity index (χ2n) is 7.98. The fraction of sp³-hybridized carbons (Fsp3) is 0.333. The summed E-state index contributed by atoms with van der Waals surface area (Å²) in [5.74, 6) is -1.16. The molecule has 1 unspecified atom stereocenters. The molecule has 4 amide bonds. The van der Waals surface area contributed by atoms with Crippen molar-refractivity contribution in [1.29, 1.82) is 0 Å². The van der Waals surface area contributed by atoms with Crippen LogP contribution in [0.4, 0.5) is 11.4 Å². The van der Waals surface area contributed by atoms with Crippen molar-refractivity contribution in [1.82, 2.24) is 10.6 Å². The number of hydrogen-bond donors (Lipinski definition) is 3. The smallest absolute Gasteiger partial charge is 0.251 e. The SMILES string of the molecule is CC(=O)NCCNC(=O)c1ccc(NC(=O)C2CC(=O)N(c3ccc(C)c(C)c3)C2)cc1. The molecule has 0 aromatic heterocycles. The highest BCUT2D eigenvalue weighted by atomic mass is 16.2. The van der Waals surface area contributed by atoms with Gasteiger partial charge in [-0.3, -0.25) is 19.2 Å². The third kappa shape index (κ3) is 5.72. The van der Waals surface area contributed by atoms with Crippen LogP contribution in [0.25, 0.3) is 0 Å². The van der Waals surface area contributed by atoms with Crippen LogP contribution in [0.3, 0.4) is 0 Å². The van der Waals surface area contributed by atoms with Gasteiger partial charge in [0.05, 0.1) is 5.92 Å². The molecule has 0 radical (unpaired) electrons. The van der Waals surface area contributed by atoms with Gasteiger partial charge in [-0.1, -0.05) is 6.07 Å². The van der Waals surface area contributed by atoms with E-state index in [0.29, 0.717) is 30.9 Å². The predicted molar refractivity (Wildman–Crippen MR) is 122 cm³/mol. The molecule has 0 spiro atoms. The van der Waals surface area contributed by atoms with Crippen LogP contribution in [0, 0.1) is 19.8 Å². The summed E-state index contributed by atoms with van der Waals surface area (Å²) in [6.45, 7) is 6.44. The zero-order valence-electron chi connectivity index (χ0n) is 18.5. The minimum atomic E-state index is -0.444. The molecule has 2 aromatic carbocycles. The molecular formula is C24H28N4O4. The summed E-state index contributed by atoms with van der Waals surface area (Å²) in [4.78, 5) is 49.8. The van der Waals surface area contributed by atoms with Crippen LogP contribution in [0.15, 0.2) is 42.5 Å². The normalized spacial score (nSPS) is 15.4. The van der Waals surface area contributed by atoms with Gasteiger partial charge in [0, 0.05) is 49.9 Å². The van der Waals surface area contributed by atoms with Gasteiger partial charge < -0.3 is 20.9 Å². The molecular weight excluding hydrogens is 408 g/mol. The van der Waals surface area contributed by atoms with Crippen LogP contribution >= 0.6 is 0 Å². The molecule has 8 nitrogen and oxygen atoms in total. The Morgan fingerprint density at radius 1 is 0.969 bits per heavy atom. The van der Waals surface area contributed by atoms with Gasteiger partial charge in [-0.25, -0.2) is 0 Å². The molecule has 32 heavy (non-hydrogen) atoms. The summed E-state index contributed by atoms with van der Waals surface area (Å²) in [6, 6.07) is 12.4. The molecule has 0 saturated carbocycles. The van der Waals surface area contributed by atoms with Gasteiger partial charge in [0.25, 0.3) is 5.91 Å². The second-order valence-corrected chi connectivity index (χ2v) is 7.98. The topological polar surface area (TPSA) is 108 Å². The van der Waals surface area contributed by atoms with Crippen molar-refractivity contribution in [2.24, 2.45) is 5.92 Å². The number of anilines is 2. The van der Waals surface area contributed by atoms with E-state index in [1.165, 1.54) is 6.92 Å². The van der Waals surface area contributed by atoms with E-state index in [0.717, 1.165) is 16.8 Å². The first-order chi connectivity index (χ1) is 15.2. The predicted octanol–water partition coefficient (Wildman–Crippen LogP) is 2.16. The lowest BCUT2D eigenvalue weighted by Gasteiger charge is -2.18. The molecule has 1 heterocycles. The fourth-order valence-corrected chi connectivity index (χ4v) is 3.49. The Morgan fingerprint density at radius 3 is 2.31 bits per heavy atom. The molecule has 0 aliphatic carbocycles. The number of carbonyl (C=O) groups excluding carboxylic acids is 4. The summed E-state index contributed by atoms with van der Waals surface area (Å²) >= 11 is 0. The average Bonchev–Trinajstić information content (AvgIpc) is 3.15. The molecule has 1 fully saturated rings. The first-order valence-corrected chi connectivity index (χ1v) is 10.6. The van der Waals surface area contributed by atoms with E-state index in [1.54, 1.807) is 29.2 Å². The number of aryl methyl sites for hydroxylation is 2. The van der Waals surface area contributed by atoms with Gasteiger partial charge in [0.2, 0.25) is 17.7 Å². The van der Waals surface area contributed by atoms with Crippen molar-refractivity contribution in [3.63, 3.8) is 0 Å². The minimum Gasteiger partial charge on any atom is -0.355 e. The number of hydrogen-bond acceptors (Lipinski definition) is 4. The van der Waals surface area contributed by atoms with Gasteiger partial charge in [0.1, 0.15) is 0 Å². The Bertz CT molecular complexity index is 1030. The van der Waals surface area contributed by atoms with E-state index in [4.69, 9.17) is 0 Å². The second kappa shape index (κ2) is 10.1. The van der Waals surface area contributed by atoms with Gasteiger partial charge in [-0.15, -0.1) is 0 Å². The highest BCUT2D eigenvalue weighted by Crippen LogP contribution is 2.27. The zero-order chi connectivity index (χ0) is 23.3. The lowest BCUT2D eigenvalue weighted by Crippen LogP contribution is -2.33. The minimum absolute atomic E-state index is 0.0697. The maximum absolute atomic E-state index is 12.7. The molecule has 3 N–H and O–H groups in total. The molecule has 8 heteroatoms. The number of nitrogens with one attached hydrogen (secondary N) is 3. The third-order valence-electron chi connectivity index (χ3n) is 5.50. The van der Waals surface area contributed by atoms with Crippen LogP contribution in [-0.4, -0.2) is 43.3 Å². The lowest BCUT2D eigenvalue weighted by molar-refractivity contribution is -0.122. The molecule has 1 atom stereocenters. The molecule has 168 valence electrons. The van der Waals surface area contributed by atoms with E-state index < -0.39 is 5.92 Å². The van der Waals surface area contributed by atoms with Crippen LogP contribution in [0.2, 0.25) is 0 Å². The highest BCUT2D eigenvalue weighted by Gasteiger charge is 2.35. The number of amides is 4. The standard InChI is InChI=1S/C24H28N4O4/c1-15-4-9-21(12-16(15)2)28-14-19(13-22(28)30)24(32)27-20-7-5-18(6-8-20)23(31)26-11-10-25-17(3)29/h4-9,12,19H,10-11,13-14H2,1-3H3,(H,25,29)(H,26,31)(H,27,32). The Labute approximate surface area is 187 Å². The van der Waals surface area contributed by atoms with Gasteiger partial charge in [-0.2, -0.15) is 0 Å². The summed E-state index contributed by atoms with van der Waals surface area (Å²) in [7, 11) is 0. The first-order valence-electron chi connectivity index (χ1n) is 10.6. The van der Waals surface area contributed by atoms with Gasteiger partial charge in [0.15, 0.2) is 0 Å². The van der Waals surface area contributed by atoms with Crippen LogP contribution in [0.1, 0.15) is 34.8 Å². The Balaban J connectivity index is 1.54. The Morgan fingerprint density at radius 2 is 1.66 bits per heavy atom. The van der Waals surface area contributed by atoms with Crippen LogP contribution in [-0.2, 0) is 14.4 Å². The molecule has 2 aromatic rings. The molecule has 0 bridgehead atoms. The number of benzene rings is 2. The highest BCUT2D eigenvalue weighted by molar-refractivity contribution is 6.03. The molecule has 1 saturated heterocycles. The molecule has 1 aliphatic rings. The van der Waals surface area contributed by atoms with E-state index in [9.17, 15) is 19.2 Å². The third-order valence-corrected chi connectivity index (χ3v) is 5.50. The zero-order valence-corrected chi connectivity index (χ0v) is 18.5. The average molecular weight is 437 g/mol. The lowest BCUT2D eigenvalue weighted by atomic mass is 10.1. The van der Waals surface area contributed by atoms with Crippen molar-refractivity contribution in [2.45, 2.75) is 27.2 Å². The molecule has 1 aliphatic heterocycles. The Hall–Kier alpha value is -3.68. The van der Waals surface area contributed by atoms with Crippen molar-refractivity contribution < 1.29 is 19.2 Å². The van der Waals surface area contributed by atoms with E-state index >= 15 is 0 Å². The fourth-order valence-electron chi connectivity index (χ4n) is 3.49. The summed E-state index contributed by atoms with van der Waals surface area (Å²) in [5.41, 5.74) is 4.06. The van der Waals surface area contributed by atoms with Gasteiger partial charge >= 0.3 is 0 Å². The van der Waals surface area contributed by atoms with E-state index in [1.807, 2.05) is 32.0 Å². The Kier molecular flexibility index (Phi) is 7.25. The van der Waals surface area contributed by atoms with Crippen molar-refractivity contribution in [2.75, 3.05) is 29.9 Å². The van der Waals surface area contributed by atoms with Crippen molar-refractivity contribution >= 4 is 35.0 Å². The maximum atomic E-state index is 12.7. The quantitative estimate of drug-likeness (QED) is 0.578. The van der Waals surface area contributed by atoms with Gasteiger partial charge in [-0.05, 0) is 61.4 Å². The van der Waals surface area contributed by atoms with Crippen LogP contribution < -0.4 is 20.9 Å². The maximum Gasteiger partial charge on any atom is 0.251 e. The van der Waals surface area contributed by atoms with E-state index in [-0.39, 0.29) is 30.0 Å². The van der Waals surface area contributed by atoms with Crippen molar-refractivity contribution in [3.05, 3.63) is 59.2 Å². The number of carbonyl (C=O) groups is 4. The molecule has 3 rings (SSSR count). The largest absolute Gasteiger partial charge is 0.355 e. The first kappa shape index (κ1) is 23.0. The summed E-state index contributed by atoms with van der Waals surface area (Å²) in [5, 5.41) is 8.14. The summed E-state index contributed by atoms with van der Waals surface area (Å²) < 4.78 is 0. The monoisotopic (exact) mass is 436 g/mol. The van der Waals surface area contributed by atoms with E-state index in [2.05, 4.69) is 16.0 Å². The van der Waals surface area contributed by atoms with Crippen molar-refractivity contribution in [3.8, 4) is 0 Å². The van der Waals surface area contributed by atoms with Crippen LogP contribution in [0.5, 0.6) is 0 Å².